The van der Waals surface area contributed by atoms with Crippen LogP contribution in [0.2, 0.25) is 0 Å². The van der Waals surface area contributed by atoms with E-state index in [2.05, 4.69) is 19.9 Å². The molecule has 0 amide bonds. The standard InChI is InChI=1S/C13H14N4O/c1-2-4-15-11(3-1)12-10-17(7-8-18-12)13-9-14-5-6-16-13/h1-6,9,12H,7-8,10H2/t12-/m0/s1. The van der Waals surface area contributed by atoms with Crippen LogP contribution in [-0.4, -0.2) is 34.6 Å². The van der Waals surface area contributed by atoms with Crippen LogP contribution in [0.5, 0.6) is 0 Å². The number of ether oxygens (including phenoxy) is 1. The molecule has 5 heteroatoms. The Labute approximate surface area is 105 Å². The molecule has 0 spiro atoms. The van der Waals surface area contributed by atoms with E-state index >= 15 is 0 Å². The second-order valence-electron chi connectivity index (χ2n) is 4.12. The van der Waals surface area contributed by atoms with E-state index in [1.807, 2.05) is 18.2 Å². The molecular weight excluding hydrogens is 228 g/mol. The van der Waals surface area contributed by atoms with Gasteiger partial charge in [-0.2, -0.15) is 0 Å². The molecule has 18 heavy (non-hydrogen) atoms. The van der Waals surface area contributed by atoms with Crippen molar-refractivity contribution >= 4 is 5.82 Å². The van der Waals surface area contributed by atoms with Crippen LogP contribution in [0.3, 0.4) is 0 Å². The maximum absolute atomic E-state index is 5.76. The Bertz CT molecular complexity index is 445. The maximum atomic E-state index is 5.76. The SMILES string of the molecule is c1ccc([C@@H]2CN(c3cnccn3)CCO2)nc1. The van der Waals surface area contributed by atoms with Crippen molar-refractivity contribution in [2.24, 2.45) is 0 Å². The number of pyridine rings is 1. The summed E-state index contributed by atoms with van der Waals surface area (Å²) >= 11 is 0. The highest BCUT2D eigenvalue weighted by Gasteiger charge is 2.23. The number of anilines is 1. The first kappa shape index (κ1) is 11.1. The van der Waals surface area contributed by atoms with Crippen molar-refractivity contribution in [3.8, 4) is 0 Å². The van der Waals surface area contributed by atoms with E-state index < -0.39 is 0 Å². The second kappa shape index (κ2) is 5.10. The lowest BCUT2D eigenvalue weighted by Gasteiger charge is -2.33. The van der Waals surface area contributed by atoms with Gasteiger partial charge in [-0.05, 0) is 12.1 Å². The highest BCUT2D eigenvalue weighted by Crippen LogP contribution is 2.22. The molecule has 1 fully saturated rings. The minimum absolute atomic E-state index is 0.00181. The van der Waals surface area contributed by atoms with Gasteiger partial charge in [-0.25, -0.2) is 4.98 Å². The fourth-order valence-corrected chi connectivity index (χ4v) is 2.06. The van der Waals surface area contributed by atoms with Crippen LogP contribution in [-0.2, 0) is 4.74 Å². The van der Waals surface area contributed by atoms with Crippen LogP contribution < -0.4 is 4.90 Å². The molecule has 0 saturated carbocycles. The van der Waals surface area contributed by atoms with Crippen molar-refractivity contribution in [1.82, 2.24) is 15.0 Å². The number of nitrogens with zero attached hydrogens (tertiary/aromatic N) is 4. The van der Waals surface area contributed by atoms with Gasteiger partial charge in [0.1, 0.15) is 11.9 Å². The summed E-state index contributed by atoms with van der Waals surface area (Å²) < 4.78 is 5.76. The Morgan fingerprint density at radius 2 is 2.17 bits per heavy atom. The molecule has 0 bridgehead atoms. The lowest BCUT2D eigenvalue weighted by molar-refractivity contribution is 0.0367. The zero-order valence-corrected chi connectivity index (χ0v) is 9.94. The minimum atomic E-state index is 0.00181. The summed E-state index contributed by atoms with van der Waals surface area (Å²) in [6.07, 6.45) is 6.96. The van der Waals surface area contributed by atoms with Crippen molar-refractivity contribution in [3.05, 3.63) is 48.7 Å². The van der Waals surface area contributed by atoms with E-state index in [-0.39, 0.29) is 6.10 Å². The van der Waals surface area contributed by atoms with Gasteiger partial charge in [-0.1, -0.05) is 6.07 Å². The molecule has 2 aromatic heterocycles. The van der Waals surface area contributed by atoms with Crippen LogP contribution in [0.4, 0.5) is 5.82 Å². The van der Waals surface area contributed by atoms with Crippen molar-refractivity contribution in [1.29, 1.82) is 0 Å². The molecule has 1 saturated heterocycles. The lowest BCUT2D eigenvalue weighted by atomic mass is 10.2. The molecule has 0 aromatic carbocycles. The molecule has 3 rings (SSSR count). The quantitative estimate of drug-likeness (QED) is 0.797. The zero-order chi connectivity index (χ0) is 12.2. The molecule has 3 heterocycles. The fourth-order valence-electron chi connectivity index (χ4n) is 2.06. The molecule has 2 aromatic rings. The summed E-state index contributed by atoms with van der Waals surface area (Å²) in [5.74, 6) is 0.890. The van der Waals surface area contributed by atoms with Crippen molar-refractivity contribution in [2.75, 3.05) is 24.6 Å². The van der Waals surface area contributed by atoms with E-state index in [1.165, 1.54) is 0 Å². The lowest BCUT2D eigenvalue weighted by Crippen LogP contribution is -2.39. The molecule has 0 unspecified atom stereocenters. The number of morpholine rings is 1. The first-order valence-electron chi connectivity index (χ1n) is 5.97. The monoisotopic (exact) mass is 242 g/mol. The zero-order valence-electron chi connectivity index (χ0n) is 9.94. The average Bonchev–Trinajstić information content (AvgIpc) is 2.49. The largest absolute Gasteiger partial charge is 0.368 e. The van der Waals surface area contributed by atoms with Gasteiger partial charge in [0.15, 0.2) is 0 Å². The molecule has 5 nitrogen and oxygen atoms in total. The van der Waals surface area contributed by atoms with Gasteiger partial charge >= 0.3 is 0 Å². The summed E-state index contributed by atoms with van der Waals surface area (Å²) in [7, 11) is 0. The topological polar surface area (TPSA) is 51.1 Å². The normalized spacial score (nSPS) is 19.8. The van der Waals surface area contributed by atoms with E-state index in [4.69, 9.17) is 4.74 Å². The van der Waals surface area contributed by atoms with Crippen molar-refractivity contribution in [3.63, 3.8) is 0 Å². The van der Waals surface area contributed by atoms with E-state index in [9.17, 15) is 0 Å². The summed E-state index contributed by atoms with van der Waals surface area (Å²) in [4.78, 5) is 14.9. The van der Waals surface area contributed by atoms with Crippen LogP contribution in [0.1, 0.15) is 11.8 Å². The minimum Gasteiger partial charge on any atom is -0.368 e. The molecular formula is C13H14N4O. The summed E-state index contributed by atoms with van der Waals surface area (Å²) in [6.45, 7) is 2.27. The summed E-state index contributed by atoms with van der Waals surface area (Å²) in [6, 6.07) is 5.88. The first-order chi connectivity index (χ1) is 8.93. The van der Waals surface area contributed by atoms with Gasteiger partial charge < -0.3 is 9.64 Å². The molecule has 1 atom stereocenters. The number of hydrogen-bond acceptors (Lipinski definition) is 5. The molecule has 0 N–H and O–H groups in total. The van der Waals surface area contributed by atoms with E-state index in [0.29, 0.717) is 6.61 Å². The van der Waals surface area contributed by atoms with Gasteiger partial charge in [0, 0.05) is 25.1 Å². The number of rotatable bonds is 2. The Balaban J connectivity index is 1.77. The van der Waals surface area contributed by atoms with Crippen LogP contribution in [0.15, 0.2) is 43.0 Å². The van der Waals surface area contributed by atoms with Crippen LogP contribution in [0.25, 0.3) is 0 Å². The maximum Gasteiger partial charge on any atom is 0.147 e. The van der Waals surface area contributed by atoms with Crippen LogP contribution in [0, 0.1) is 0 Å². The third-order valence-electron chi connectivity index (χ3n) is 2.96. The molecule has 1 aliphatic heterocycles. The highest BCUT2D eigenvalue weighted by molar-refractivity contribution is 5.36. The predicted octanol–water partition coefficient (Wildman–Crippen LogP) is 1.45. The third kappa shape index (κ3) is 2.31. The molecule has 0 aliphatic carbocycles. The number of hydrogen-bond donors (Lipinski definition) is 0. The second-order valence-corrected chi connectivity index (χ2v) is 4.12. The Morgan fingerprint density at radius 3 is 2.94 bits per heavy atom. The van der Waals surface area contributed by atoms with Crippen LogP contribution >= 0.6 is 0 Å². The Morgan fingerprint density at radius 1 is 1.17 bits per heavy atom. The molecule has 0 radical (unpaired) electrons. The Hall–Kier alpha value is -2.01. The van der Waals surface area contributed by atoms with Gasteiger partial charge in [0.2, 0.25) is 0 Å². The van der Waals surface area contributed by atoms with Crippen molar-refractivity contribution in [2.45, 2.75) is 6.10 Å². The van der Waals surface area contributed by atoms with Gasteiger partial charge in [0.05, 0.1) is 25.0 Å². The Kier molecular flexibility index (Phi) is 3.14. The molecule has 92 valence electrons. The fraction of sp³-hybridized carbons (Fsp3) is 0.308. The van der Waals surface area contributed by atoms with Gasteiger partial charge in [-0.3, -0.25) is 9.97 Å². The average molecular weight is 242 g/mol. The van der Waals surface area contributed by atoms with E-state index in [0.717, 1.165) is 24.6 Å². The predicted molar refractivity (Wildman–Crippen MR) is 67.2 cm³/mol. The third-order valence-corrected chi connectivity index (χ3v) is 2.96. The summed E-state index contributed by atoms with van der Waals surface area (Å²) in [5, 5.41) is 0. The van der Waals surface area contributed by atoms with Gasteiger partial charge in [-0.15, -0.1) is 0 Å². The highest BCUT2D eigenvalue weighted by atomic mass is 16.5. The van der Waals surface area contributed by atoms with Crippen molar-refractivity contribution < 1.29 is 4.74 Å². The smallest absolute Gasteiger partial charge is 0.147 e. The van der Waals surface area contributed by atoms with E-state index in [1.54, 1.807) is 24.8 Å². The number of aromatic nitrogens is 3. The molecule has 1 aliphatic rings. The summed E-state index contributed by atoms with van der Waals surface area (Å²) in [5.41, 5.74) is 0.964. The first-order valence-corrected chi connectivity index (χ1v) is 5.97. The van der Waals surface area contributed by atoms with Gasteiger partial charge in [0.25, 0.3) is 0 Å².